The van der Waals surface area contributed by atoms with Crippen molar-refractivity contribution in [1.29, 1.82) is 0 Å². The highest BCUT2D eigenvalue weighted by Crippen LogP contribution is 2.16. The number of pyridine rings is 1. The van der Waals surface area contributed by atoms with E-state index in [-0.39, 0.29) is 5.69 Å². The Morgan fingerprint density at radius 1 is 1.20 bits per heavy atom. The van der Waals surface area contributed by atoms with Crippen molar-refractivity contribution < 1.29 is 9.59 Å². The van der Waals surface area contributed by atoms with Crippen molar-refractivity contribution >= 4 is 29.2 Å². The van der Waals surface area contributed by atoms with Gasteiger partial charge in [-0.25, -0.2) is 0 Å². The largest absolute Gasteiger partial charge is 0.288 e. The average molecular weight is 287 g/mol. The van der Waals surface area contributed by atoms with Crippen LogP contribution in [0.15, 0.2) is 42.6 Å². The fraction of sp³-hybridized carbons (Fsp3) is 0.0714. The van der Waals surface area contributed by atoms with Gasteiger partial charge in [0, 0.05) is 22.0 Å². The first-order chi connectivity index (χ1) is 9.65. The Balaban J connectivity index is 1.83. The maximum atomic E-state index is 11.6. The molecule has 0 aromatic carbocycles. The van der Waals surface area contributed by atoms with E-state index in [0.717, 1.165) is 4.88 Å². The molecule has 0 unspecified atom stereocenters. The van der Waals surface area contributed by atoms with E-state index in [9.17, 15) is 9.59 Å². The predicted octanol–water partition coefficient (Wildman–Crippen LogP) is 1.93. The molecule has 5 nitrogen and oxygen atoms in total. The summed E-state index contributed by atoms with van der Waals surface area (Å²) in [6, 6.07) is 8.87. The second kappa shape index (κ2) is 6.63. The number of hydrogen-bond donors (Lipinski definition) is 2. The van der Waals surface area contributed by atoms with Gasteiger partial charge in [-0.15, -0.1) is 11.3 Å². The summed E-state index contributed by atoms with van der Waals surface area (Å²) in [6.45, 7) is 2.00. The average Bonchev–Trinajstić information content (AvgIpc) is 2.89. The van der Waals surface area contributed by atoms with Gasteiger partial charge in [-0.05, 0) is 37.3 Å². The van der Waals surface area contributed by atoms with E-state index >= 15 is 0 Å². The van der Waals surface area contributed by atoms with Crippen molar-refractivity contribution in [3.63, 3.8) is 0 Å². The highest BCUT2D eigenvalue weighted by molar-refractivity contribution is 7.12. The van der Waals surface area contributed by atoms with E-state index in [1.165, 1.54) is 17.2 Å². The zero-order valence-electron chi connectivity index (χ0n) is 10.8. The number of hydrazine groups is 1. The van der Waals surface area contributed by atoms with Crippen LogP contribution in [-0.2, 0) is 4.79 Å². The van der Waals surface area contributed by atoms with Crippen molar-refractivity contribution in [1.82, 2.24) is 15.8 Å². The van der Waals surface area contributed by atoms with Crippen LogP contribution in [0.5, 0.6) is 0 Å². The number of amides is 2. The smallest absolute Gasteiger partial charge is 0.268 e. The number of aryl methyl sites for hydroxylation is 1. The molecule has 102 valence electrons. The summed E-state index contributed by atoms with van der Waals surface area (Å²) < 4.78 is 0. The molecule has 0 radical (unpaired) electrons. The summed E-state index contributed by atoms with van der Waals surface area (Å²) in [5.41, 5.74) is 4.83. The lowest BCUT2D eigenvalue weighted by molar-refractivity contribution is -0.117. The number of carbonyl (C=O) groups is 2. The Hall–Kier alpha value is -2.47. The van der Waals surface area contributed by atoms with Gasteiger partial charge in [-0.3, -0.25) is 25.4 Å². The lowest BCUT2D eigenvalue weighted by Gasteiger charge is -2.03. The number of carbonyl (C=O) groups excluding carboxylic acids is 2. The molecule has 0 fully saturated rings. The fourth-order valence-electron chi connectivity index (χ4n) is 1.42. The van der Waals surface area contributed by atoms with Crippen LogP contribution in [0.2, 0.25) is 0 Å². The third kappa shape index (κ3) is 4.03. The number of hydrogen-bond acceptors (Lipinski definition) is 4. The van der Waals surface area contributed by atoms with Crippen LogP contribution in [-0.4, -0.2) is 16.8 Å². The summed E-state index contributed by atoms with van der Waals surface area (Å²) >= 11 is 1.59. The van der Waals surface area contributed by atoms with Gasteiger partial charge in [0.1, 0.15) is 5.69 Å². The van der Waals surface area contributed by atoms with Gasteiger partial charge >= 0.3 is 0 Å². The maximum Gasteiger partial charge on any atom is 0.288 e. The van der Waals surface area contributed by atoms with Crippen molar-refractivity contribution in [2.45, 2.75) is 6.92 Å². The van der Waals surface area contributed by atoms with Gasteiger partial charge in [0.15, 0.2) is 0 Å². The molecule has 0 spiro atoms. The molecule has 0 aliphatic rings. The van der Waals surface area contributed by atoms with Crippen LogP contribution in [0.25, 0.3) is 6.08 Å². The number of rotatable bonds is 3. The minimum atomic E-state index is -0.459. The van der Waals surface area contributed by atoms with Gasteiger partial charge in [0.05, 0.1) is 0 Å². The molecule has 2 N–H and O–H groups in total. The van der Waals surface area contributed by atoms with Gasteiger partial charge in [0.2, 0.25) is 0 Å². The van der Waals surface area contributed by atoms with Gasteiger partial charge < -0.3 is 0 Å². The number of nitrogens with zero attached hydrogens (tertiary/aromatic N) is 1. The zero-order chi connectivity index (χ0) is 14.4. The van der Waals surface area contributed by atoms with E-state index in [0.29, 0.717) is 0 Å². The first kappa shape index (κ1) is 14.0. The molecule has 2 aromatic rings. The SMILES string of the molecule is Cc1ccc(/C=C/C(=O)NNC(=O)c2ccccn2)s1. The van der Waals surface area contributed by atoms with Crippen LogP contribution in [0, 0.1) is 6.92 Å². The molecule has 0 atom stereocenters. The van der Waals surface area contributed by atoms with Crippen LogP contribution < -0.4 is 10.9 Å². The standard InChI is InChI=1S/C14H13N3O2S/c1-10-5-6-11(20-10)7-8-13(18)16-17-14(19)12-4-2-3-9-15-12/h2-9H,1H3,(H,16,18)(H,17,19)/b8-7+. The van der Waals surface area contributed by atoms with Gasteiger partial charge in [-0.2, -0.15) is 0 Å². The van der Waals surface area contributed by atoms with Gasteiger partial charge in [0.25, 0.3) is 11.8 Å². The molecule has 20 heavy (non-hydrogen) atoms. The molecule has 2 aromatic heterocycles. The Bertz CT molecular complexity index is 635. The minimum absolute atomic E-state index is 0.241. The first-order valence-electron chi connectivity index (χ1n) is 5.91. The Morgan fingerprint density at radius 3 is 2.70 bits per heavy atom. The van der Waals surface area contributed by atoms with Crippen molar-refractivity contribution in [3.05, 3.63) is 58.1 Å². The molecule has 2 amide bonds. The first-order valence-corrected chi connectivity index (χ1v) is 6.72. The van der Waals surface area contributed by atoms with Crippen LogP contribution in [0.3, 0.4) is 0 Å². The lowest BCUT2D eigenvalue weighted by Crippen LogP contribution is -2.41. The Kier molecular flexibility index (Phi) is 4.62. The molecule has 0 saturated heterocycles. The Labute approximate surface area is 120 Å². The minimum Gasteiger partial charge on any atom is -0.268 e. The van der Waals surface area contributed by atoms with E-state index in [1.54, 1.807) is 35.6 Å². The molecule has 0 aliphatic heterocycles. The summed E-state index contributed by atoms with van der Waals surface area (Å²) in [4.78, 5) is 29.2. The summed E-state index contributed by atoms with van der Waals surface area (Å²) in [5, 5.41) is 0. The topological polar surface area (TPSA) is 71.1 Å². The summed E-state index contributed by atoms with van der Waals surface area (Å²) in [5.74, 6) is -0.861. The molecule has 0 aliphatic carbocycles. The maximum absolute atomic E-state index is 11.6. The number of nitrogens with one attached hydrogen (secondary N) is 2. The van der Waals surface area contributed by atoms with Crippen molar-refractivity contribution in [2.75, 3.05) is 0 Å². The normalized spacial score (nSPS) is 10.4. The van der Waals surface area contributed by atoms with Crippen LogP contribution >= 0.6 is 11.3 Å². The monoisotopic (exact) mass is 287 g/mol. The highest BCUT2D eigenvalue weighted by Gasteiger charge is 2.06. The molecule has 0 bridgehead atoms. The molecule has 2 rings (SSSR count). The van der Waals surface area contributed by atoms with Crippen molar-refractivity contribution in [3.8, 4) is 0 Å². The Morgan fingerprint density at radius 2 is 2.05 bits per heavy atom. The third-order valence-electron chi connectivity index (χ3n) is 2.36. The van der Waals surface area contributed by atoms with Crippen molar-refractivity contribution in [2.24, 2.45) is 0 Å². The molecular formula is C14H13N3O2S. The quantitative estimate of drug-likeness (QED) is 0.669. The molecule has 6 heteroatoms. The van der Waals surface area contributed by atoms with Crippen LogP contribution in [0.1, 0.15) is 20.2 Å². The lowest BCUT2D eigenvalue weighted by atomic mass is 10.3. The van der Waals surface area contributed by atoms with E-state index < -0.39 is 11.8 Å². The zero-order valence-corrected chi connectivity index (χ0v) is 11.6. The molecule has 0 saturated carbocycles. The second-order valence-electron chi connectivity index (χ2n) is 3.94. The molecule has 2 heterocycles. The number of thiophene rings is 1. The summed E-state index contributed by atoms with van der Waals surface area (Å²) in [6.07, 6.45) is 4.57. The highest BCUT2D eigenvalue weighted by atomic mass is 32.1. The third-order valence-corrected chi connectivity index (χ3v) is 3.32. The summed E-state index contributed by atoms with van der Waals surface area (Å²) in [7, 11) is 0. The molecular weight excluding hydrogens is 274 g/mol. The second-order valence-corrected chi connectivity index (χ2v) is 5.26. The van der Waals surface area contributed by atoms with E-state index in [4.69, 9.17) is 0 Å². The van der Waals surface area contributed by atoms with Gasteiger partial charge in [-0.1, -0.05) is 6.07 Å². The van der Waals surface area contributed by atoms with Crippen LogP contribution in [0.4, 0.5) is 0 Å². The van der Waals surface area contributed by atoms with E-state index in [1.807, 2.05) is 19.1 Å². The van der Waals surface area contributed by atoms with E-state index in [2.05, 4.69) is 15.8 Å². The fourth-order valence-corrected chi connectivity index (χ4v) is 2.20. The number of aromatic nitrogens is 1. The predicted molar refractivity (Wildman–Crippen MR) is 77.9 cm³/mol.